The van der Waals surface area contributed by atoms with Crippen LogP contribution < -0.4 is 0 Å². The molecule has 2 rings (SSSR count). The molecule has 0 amide bonds. The maximum Gasteiger partial charge on any atom is 0.335 e. The number of nitrogens with zero attached hydrogens (tertiary/aromatic N) is 1. The summed E-state index contributed by atoms with van der Waals surface area (Å²) in [6, 6.07) is 6.22. The Bertz CT molecular complexity index is 725. The fraction of sp³-hybridized carbons (Fsp3) is 0.235. The van der Waals surface area contributed by atoms with E-state index in [2.05, 4.69) is 4.99 Å². The minimum Gasteiger partial charge on any atom is -0.478 e. The number of carboxylic acid groups (broad SMARTS) is 1. The third-order valence-corrected chi connectivity index (χ3v) is 3.91. The largest absolute Gasteiger partial charge is 0.478 e. The van der Waals surface area contributed by atoms with Crippen LogP contribution in [-0.4, -0.2) is 22.6 Å². The van der Waals surface area contributed by atoms with Gasteiger partial charge < -0.3 is 5.11 Å². The molecular formula is C17H16ClNO3. The Labute approximate surface area is 133 Å². The Kier molecular flexibility index (Phi) is 4.62. The van der Waals surface area contributed by atoms with Gasteiger partial charge in [0, 0.05) is 5.57 Å². The molecule has 1 aromatic carbocycles. The molecule has 0 aromatic heterocycles. The molecule has 0 aliphatic heterocycles. The summed E-state index contributed by atoms with van der Waals surface area (Å²) in [5.41, 5.74) is 2.68. The first kappa shape index (κ1) is 16.2. The first-order valence-corrected chi connectivity index (χ1v) is 7.24. The van der Waals surface area contributed by atoms with Crippen molar-refractivity contribution in [3.8, 4) is 0 Å². The van der Waals surface area contributed by atoms with Gasteiger partial charge >= 0.3 is 5.97 Å². The first-order chi connectivity index (χ1) is 10.3. The van der Waals surface area contributed by atoms with Crippen molar-refractivity contribution in [3.05, 3.63) is 52.1 Å². The molecule has 0 spiro atoms. The fourth-order valence-corrected chi connectivity index (χ4v) is 2.30. The quantitative estimate of drug-likeness (QED) is 0.852. The third-order valence-electron chi connectivity index (χ3n) is 3.45. The van der Waals surface area contributed by atoms with Gasteiger partial charge in [0.25, 0.3) is 0 Å². The zero-order valence-electron chi connectivity index (χ0n) is 12.6. The van der Waals surface area contributed by atoms with Crippen LogP contribution in [0.4, 0.5) is 5.69 Å². The minimum absolute atomic E-state index is 0.0499. The van der Waals surface area contributed by atoms with E-state index in [1.54, 1.807) is 25.1 Å². The van der Waals surface area contributed by atoms with Crippen LogP contribution in [0.25, 0.3) is 0 Å². The predicted octanol–water partition coefficient (Wildman–Crippen LogP) is 4.14. The van der Waals surface area contributed by atoms with Gasteiger partial charge in [0.05, 0.1) is 22.0 Å². The highest BCUT2D eigenvalue weighted by Gasteiger charge is 2.25. The van der Waals surface area contributed by atoms with E-state index in [0.717, 1.165) is 0 Å². The molecule has 5 heteroatoms. The first-order valence-electron chi connectivity index (χ1n) is 6.86. The number of hydrogen-bond acceptors (Lipinski definition) is 3. The van der Waals surface area contributed by atoms with Crippen LogP contribution in [-0.2, 0) is 4.79 Å². The van der Waals surface area contributed by atoms with Crippen LogP contribution in [0.3, 0.4) is 0 Å². The van der Waals surface area contributed by atoms with Gasteiger partial charge in [0.15, 0.2) is 0 Å². The van der Waals surface area contributed by atoms with E-state index in [9.17, 15) is 9.59 Å². The minimum atomic E-state index is -0.983. The maximum absolute atomic E-state index is 12.1. The van der Waals surface area contributed by atoms with Crippen molar-refractivity contribution >= 4 is 34.8 Å². The number of carboxylic acids is 1. The van der Waals surface area contributed by atoms with Crippen molar-refractivity contribution in [1.29, 1.82) is 0 Å². The lowest BCUT2D eigenvalue weighted by molar-refractivity contribution is -0.112. The summed E-state index contributed by atoms with van der Waals surface area (Å²) in [6.45, 7) is 5.60. The smallest absolute Gasteiger partial charge is 0.335 e. The molecule has 22 heavy (non-hydrogen) atoms. The maximum atomic E-state index is 12.1. The highest BCUT2D eigenvalue weighted by atomic mass is 35.5. The summed E-state index contributed by atoms with van der Waals surface area (Å²) < 4.78 is 0. The van der Waals surface area contributed by atoms with E-state index in [1.165, 1.54) is 12.1 Å². The molecule has 0 saturated heterocycles. The lowest BCUT2D eigenvalue weighted by atomic mass is 9.90. The van der Waals surface area contributed by atoms with E-state index in [-0.39, 0.29) is 22.3 Å². The molecule has 0 radical (unpaired) electrons. The van der Waals surface area contributed by atoms with E-state index < -0.39 is 5.97 Å². The number of aromatic carboxylic acids is 1. The van der Waals surface area contributed by atoms with E-state index in [1.807, 2.05) is 13.8 Å². The zero-order chi connectivity index (χ0) is 16.4. The van der Waals surface area contributed by atoms with Crippen molar-refractivity contribution in [3.63, 3.8) is 0 Å². The van der Waals surface area contributed by atoms with Gasteiger partial charge in [-0.15, -0.1) is 0 Å². The van der Waals surface area contributed by atoms with Gasteiger partial charge in [0.2, 0.25) is 5.78 Å². The molecule has 1 aliphatic rings. The highest BCUT2D eigenvalue weighted by molar-refractivity contribution is 6.49. The molecular weight excluding hydrogens is 302 g/mol. The SMILES string of the molecule is CC1=C(Cl)C(=O)C(C(C)C)=CC1=Nc1ccc(C(=O)O)cc1. The average molecular weight is 318 g/mol. The average Bonchev–Trinajstić information content (AvgIpc) is 2.48. The van der Waals surface area contributed by atoms with E-state index >= 15 is 0 Å². The third kappa shape index (κ3) is 3.17. The molecule has 1 N–H and O–H groups in total. The molecule has 0 unspecified atom stereocenters. The number of halogens is 1. The van der Waals surface area contributed by atoms with Crippen LogP contribution in [0, 0.1) is 5.92 Å². The molecule has 0 bridgehead atoms. The highest BCUT2D eigenvalue weighted by Crippen LogP contribution is 2.28. The van der Waals surface area contributed by atoms with Crippen LogP contribution >= 0.6 is 11.6 Å². The van der Waals surface area contributed by atoms with Crippen molar-refractivity contribution in [1.82, 2.24) is 0 Å². The second kappa shape index (κ2) is 6.28. The van der Waals surface area contributed by atoms with Crippen LogP contribution in [0.5, 0.6) is 0 Å². The van der Waals surface area contributed by atoms with Crippen LogP contribution in [0.1, 0.15) is 31.1 Å². The Morgan fingerprint density at radius 3 is 2.32 bits per heavy atom. The van der Waals surface area contributed by atoms with Crippen molar-refractivity contribution in [2.75, 3.05) is 0 Å². The predicted molar refractivity (Wildman–Crippen MR) is 87.0 cm³/mol. The number of aliphatic imine (C=N–C) groups is 1. The van der Waals surface area contributed by atoms with Gasteiger partial charge in [-0.1, -0.05) is 25.4 Å². The van der Waals surface area contributed by atoms with Gasteiger partial charge in [0.1, 0.15) is 0 Å². The summed E-state index contributed by atoms with van der Waals surface area (Å²) in [5.74, 6) is -1.09. The molecule has 0 heterocycles. The number of hydrogen-bond donors (Lipinski definition) is 1. The Balaban J connectivity index is 2.45. The Morgan fingerprint density at radius 1 is 1.23 bits per heavy atom. The summed E-state index contributed by atoms with van der Waals surface area (Å²) in [6.07, 6.45) is 1.75. The molecule has 0 saturated carbocycles. The zero-order valence-corrected chi connectivity index (χ0v) is 13.3. The van der Waals surface area contributed by atoms with Crippen molar-refractivity contribution < 1.29 is 14.7 Å². The fourth-order valence-electron chi connectivity index (χ4n) is 2.09. The van der Waals surface area contributed by atoms with E-state index in [4.69, 9.17) is 16.7 Å². The molecule has 1 aliphatic carbocycles. The van der Waals surface area contributed by atoms with Crippen molar-refractivity contribution in [2.45, 2.75) is 20.8 Å². The van der Waals surface area contributed by atoms with E-state index in [0.29, 0.717) is 22.5 Å². The second-order valence-electron chi connectivity index (χ2n) is 5.37. The number of rotatable bonds is 3. The van der Waals surface area contributed by atoms with Gasteiger partial charge in [-0.25, -0.2) is 9.79 Å². The number of carbonyl (C=O) groups excluding carboxylic acids is 1. The molecule has 0 atom stereocenters. The topological polar surface area (TPSA) is 66.7 Å². The molecule has 4 nitrogen and oxygen atoms in total. The van der Waals surface area contributed by atoms with Gasteiger partial charge in [-0.3, -0.25) is 4.79 Å². The summed E-state index contributed by atoms with van der Waals surface area (Å²) in [4.78, 5) is 27.4. The monoisotopic (exact) mass is 317 g/mol. The lowest BCUT2D eigenvalue weighted by Crippen LogP contribution is -2.18. The van der Waals surface area contributed by atoms with Crippen LogP contribution in [0.2, 0.25) is 0 Å². The van der Waals surface area contributed by atoms with Crippen LogP contribution in [0.15, 0.2) is 51.5 Å². The standard InChI is InChI=1S/C17H16ClNO3/c1-9(2)13-8-14(10(3)15(18)16(13)20)19-12-6-4-11(5-7-12)17(21)22/h4-9H,1-3H3,(H,21,22). The Morgan fingerprint density at radius 2 is 1.82 bits per heavy atom. The number of allylic oxidation sites excluding steroid dienone is 4. The number of ketones is 1. The number of benzene rings is 1. The normalized spacial score (nSPS) is 17.2. The summed E-state index contributed by atoms with van der Waals surface area (Å²) >= 11 is 6.11. The van der Waals surface area contributed by atoms with Gasteiger partial charge in [-0.2, -0.15) is 0 Å². The lowest BCUT2D eigenvalue weighted by Gasteiger charge is -2.18. The van der Waals surface area contributed by atoms with Gasteiger partial charge in [-0.05, 0) is 48.8 Å². The van der Waals surface area contributed by atoms with Crippen molar-refractivity contribution in [2.24, 2.45) is 10.9 Å². The number of Topliss-reactive ketones (excluding diaryl/α,β-unsaturated/α-hetero) is 1. The second-order valence-corrected chi connectivity index (χ2v) is 5.75. The summed E-state index contributed by atoms with van der Waals surface area (Å²) in [7, 11) is 0. The number of carbonyl (C=O) groups is 2. The molecule has 114 valence electrons. The molecule has 1 aromatic rings. The molecule has 0 fully saturated rings. The Hall–Kier alpha value is -2.20. The summed E-state index contributed by atoms with van der Waals surface area (Å²) in [5, 5.41) is 9.08.